The fourth-order valence-electron chi connectivity index (χ4n) is 1.57. The maximum absolute atomic E-state index is 6.00. The van der Waals surface area contributed by atoms with Gasteiger partial charge < -0.3 is 0 Å². The van der Waals surface area contributed by atoms with E-state index < -0.39 is 0 Å². The number of hydrogen-bond acceptors (Lipinski definition) is 1. The van der Waals surface area contributed by atoms with Crippen LogP contribution in [0.15, 0.2) is 24.5 Å². The highest BCUT2D eigenvalue weighted by Crippen LogP contribution is 2.26. The van der Waals surface area contributed by atoms with Gasteiger partial charge in [-0.05, 0) is 11.5 Å². The van der Waals surface area contributed by atoms with Crippen molar-refractivity contribution in [3.63, 3.8) is 0 Å². The lowest BCUT2D eigenvalue weighted by atomic mass is 9.88. The van der Waals surface area contributed by atoms with Gasteiger partial charge in [0, 0.05) is 11.8 Å². The smallest absolute Gasteiger partial charge is 0.141 e. The molecule has 0 unspecified atom stereocenters. The minimum absolute atomic E-state index is 0.0944. The second-order valence-corrected chi connectivity index (χ2v) is 4.83. The van der Waals surface area contributed by atoms with E-state index in [0.717, 1.165) is 5.65 Å². The molecule has 0 spiro atoms. The molecular formula is C11H13ClN2. The predicted molar refractivity (Wildman–Crippen MR) is 58.9 cm³/mol. The molecule has 0 bridgehead atoms. The number of pyridine rings is 1. The third-order valence-corrected chi connectivity index (χ3v) is 2.58. The normalized spacial score (nSPS) is 12.3. The Balaban J connectivity index is 2.79. The van der Waals surface area contributed by atoms with Crippen molar-refractivity contribution < 1.29 is 0 Å². The zero-order valence-corrected chi connectivity index (χ0v) is 9.34. The highest BCUT2D eigenvalue weighted by molar-refractivity contribution is 6.29. The zero-order valence-electron chi connectivity index (χ0n) is 8.58. The van der Waals surface area contributed by atoms with Crippen molar-refractivity contribution >= 4 is 17.2 Å². The van der Waals surface area contributed by atoms with Gasteiger partial charge in [-0.3, -0.25) is 4.40 Å². The molecule has 3 heteroatoms. The minimum Gasteiger partial charge on any atom is -0.290 e. The fourth-order valence-corrected chi connectivity index (χ4v) is 1.75. The van der Waals surface area contributed by atoms with E-state index in [-0.39, 0.29) is 5.41 Å². The summed E-state index contributed by atoms with van der Waals surface area (Å²) in [6.07, 6.45) is 3.62. The first-order valence-corrected chi connectivity index (χ1v) is 5.00. The molecule has 0 saturated carbocycles. The van der Waals surface area contributed by atoms with E-state index >= 15 is 0 Å². The van der Waals surface area contributed by atoms with Crippen LogP contribution in [0.3, 0.4) is 0 Å². The Hall–Kier alpha value is -1.02. The van der Waals surface area contributed by atoms with Crippen LogP contribution in [-0.2, 0) is 5.41 Å². The lowest BCUT2D eigenvalue weighted by molar-refractivity contribution is 0.592. The van der Waals surface area contributed by atoms with Gasteiger partial charge >= 0.3 is 0 Å². The summed E-state index contributed by atoms with van der Waals surface area (Å²) in [4.78, 5) is 4.32. The topological polar surface area (TPSA) is 17.3 Å². The number of hydrogen-bond donors (Lipinski definition) is 0. The molecular weight excluding hydrogens is 196 g/mol. The molecule has 0 N–H and O–H groups in total. The Morgan fingerprint density at radius 3 is 2.71 bits per heavy atom. The molecule has 2 rings (SSSR count). The summed E-state index contributed by atoms with van der Waals surface area (Å²) in [5.74, 6) is 0. The Morgan fingerprint density at radius 2 is 2.07 bits per heavy atom. The SMILES string of the molecule is CC(C)(C)c1cccn2c(Cl)cnc12. The van der Waals surface area contributed by atoms with Crippen molar-refractivity contribution in [3.05, 3.63) is 35.2 Å². The first-order valence-electron chi connectivity index (χ1n) is 4.62. The summed E-state index contributed by atoms with van der Waals surface area (Å²) in [5.41, 5.74) is 2.26. The molecule has 0 aliphatic heterocycles. The lowest BCUT2D eigenvalue weighted by Gasteiger charge is -2.19. The van der Waals surface area contributed by atoms with Gasteiger partial charge in [0.05, 0.1) is 6.20 Å². The van der Waals surface area contributed by atoms with E-state index in [0.29, 0.717) is 5.15 Å². The summed E-state index contributed by atoms with van der Waals surface area (Å²) in [7, 11) is 0. The Morgan fingerprint density at radius 1 is 1.36 bits per heavy atom. The average molecular weight is 209 g/mol. The number of halogens is 1. The molecule has 14 heavy (non-hydrogen) atoms. The van der Waals surface area contributed by atoms with Gasteiger partial charge in [0.25, 0.3) is 0 Å². The quantitative estimate of drug-likeness (QED) is 0.650. The van der Waals surface area contributed by atoms with Crippen LogP contribution in [-0.4, -0.2) is 9.38 Å². The summed E-state index contributed by atoms with van der Waals surface area (Å²) in [6.45, 7) is 6.51. The molecule has 0 aliphatic carbocycles. The van der Waals surface area contributed by atoms with Crippen molar-refractivity contribution in [2.75, 3.05) is 0 Å². The van der Waals surface area contributed by atoms with E-state index in [1.807, 2.05) is 16.7 Å². The number of nitrogens with zero attached hydrogens (tertiary/aromatic N) is 2. The van der Waals surface area contributed by atoms with Gasteiger partial charge in [-0.1, -0.05) is 38.4 Å². The zero-order chi connectivity index (χ0) is 10.3. The molecule has 0 radical (unpaired) electrons. The van der Waals surface area contributed by atoms with Crippen LogP contribution in [0, 0.1) is 0 Å². The van der Waals surface area contributed by atoms with E-state index in [2.05, 4.69) is 31.8 Å². The van der Waals surface area contributed by atoms with Gasteiger partial charge in [-0.2, -0.15) is 0 Å². The highest BCUT2D eigenvalue weighted by Gasteiger charge is 2.18. The molecule has 2 nitrogen and oxygen atoms in total. The van der Waals surface area contributed by atoms with Gasteiger partial charge in [0.2, 0.25) is 0 Å². The van der Waals surface area contributed by atoms with Crippen molar-refractivity contribution in [2.24, 2.45) is 0 Å². The van der Waals surface area contributed by atoms with Gasteiger partial charge in [0.15, 0.2) is 0 Å². The van der Waals surface area contributed by atoms with Gasteiger partial charge in [-0.15, -0.1) is 0 Å². The minimum atomic E-state index is 0.0944. The second kappa shape index (κ2) is 2.99. The molecule has 74 valence electrons. The molecule has 0 aromatic carbocycles. The van der Waals surface area contributed by atoms with Crippen LogP contribution in [0.5, 0.6) is 0 Å². The van der Waals surface area contributed by atoms with Crippen LogP contribution in [0.25, 0.3) is 5.65 Å². The number of aromatic nitrogens is 2. The third kappa shape index (κ3) is 1.40. The molecule has 0 amide bonds. The standard InChI is InChI=1S/C11H13ClN2/c1-11(2,3)8-5-4-6-14-9(12)7-13-10(8)14/h4-7H,1-3H3. The second-order valence-electron chi connectivity index (χ2n) is 4.45. The lowest BCUT2D eigenvalue weighted by Crippen LogP contribution is -2.12. The summed E-state index contributed by atoms with van der Waals surface area (Å²) < 4.78 is 1.90. The average Bonchev–Trinajstić information content (AvgIpc) is 2.46. The maximum Gasteiger partial charge on any atom is 0.141 e. The van der Waals surface area contributed by atoms with Crippen LogP contribution in [0.2, 0.25) is 5.15 Å². The Labute approximate surface area is 88.5 Å². The van der Waals surface area contributed by atoms with E-state index in [1.54, 1.807) is 6.20 Å². The summed E-state index contributed by atoms with van der Waals surface area (Å²) >= 11 is 6.00. The molecule has 2 aromatic rings. The number of imidazole rings is 1. The Kier molecular flexibility index (Phi) is 2.04. The molecule has 0 atom stereocenters. The Bertz CT molecular complexity index is 466. The van der Waals surface area contributed by atoms with E-state index in [9.17, 15) is 0 Å². The van der Waals surface area contributed by atoms with Crippen molar-refractivity contribution in [1.82, 2.24) is 9.38 Å². The maximum atomic E-state index is 6.00. The molecule has 0 saturated heterocycles. The predicted octanol–water partition coefficient (Wildman–Crippen LogP) is 3.29. The monoisotopic (exact) mass is 208 g/mol. The highest BCUT2D eigenvalue weighted by atomic mass is 35.5. The molecule has 0 fully saturated rings. The first kappa shape index (κ1) is 9.53. The summed E-state index contributed by atoms with van der Waals surface area (Å²) in [6, 6.07) is 4.10. The largest absolute Gasteiger partial charge is 0.290 e. The fraction of sp³-hybridized carbons (Fsp3) is 0.364. The van der Waals surface area contributed by atoms with Crippen LogP contribution < -0.4 is 0 Å². The number of fused-ring (bicyclic) bond motifs is 1. The van der Waals surface area contributed by atoms with Gasteiger partial charge in [-0.25, -0.2) is 4.98 Å². The van der Waals surface area contributed by atoms with E-state index in [1.165, 1.54) is 5.56 Å². The van der Waals surface area contributed by atoms with Crippen LogP contribution >= 0.6 is 11.6 Å². The summed E-state index contributed by atoms with van der Waals surface area (Å²) in [5, 5.41) is 0.658. The van der Waals surface area contributed by atoms with Crippen molar-refractivity contribution in [1.29, 1.82) is 0 Å². The molecule has 2 heterocycles. The van der Waals surface area contributed by atoms with Crippen LogP contribution in [0.4, 0.5) is 0 Å². The van der Waals surface area contributed by atoms with Gasteiger partial charge in [0.1, 0.15) is 10.8 Å². The molecule has 0 aliphatic rings. The van der Waals surface area contributed by atoms with E-state index in [4.69, 9.17) is 11.6 Å². The molecule has 2 aromatic heterocycles. The third-order valence-electron chi connectivity index (χ3n) is 2.30. The van der Waals surface area contributed by atoms with Crippen LogP contribution in [0.1, 0.15) is 26.3 Å². The first-order chi connectivity index (χ1) is 6.50. The van der Waals surface area contributed by atoms with Crippen molar-refractivity contribution in [3.8, 4) is 0 Å². The van der Waals surface area contributed by atoms with Crippen molar-refractivity contribution in [2.45, 2.75) is 26.2 Å². The number of rotatable bonds is 0.